The van der Waals surface area contributed by atoms with Crippen molar-refractivity contribution in [3.8, 4) is 0 Å². The summed E-state index contributed by atoms with van der Waals surface area (Å²) in [6.07, 6.45) is 6.33. The predicted octanol–water partition coefficient (Wildman–Crippen LogP) is 4.35. The lowest BCUT2D eigenvalue weighted by molar-refractivity contribution is -0.111. The van der Waals surface area contributed by atoms with Gasteiger partial charge in [0.25, 0.3) is 5.91 Å². The number of fused-ring (bicyclic) bond motifs is 1. The van der Waals surface area contributed by atoms with E-state index in [0.29, 0.717) is 23.0 Å². The molecule has 2 heterocycles. The van der Waals surface area contributed by atoms with Crippen LogP contribution in [0.3, 0.4) is 0 Å². The Labute approximate surface area is 185 Å². The van der Waals surface area contributed by atoms with Crippen LogP contribution in [0.1, 0.15) is 72.3 Å². The lowest BCUT2D eigenvalue weighted by atomic mass is 9.83. The molecule has 2 aromatic heterocycles. The van der Waals surface area contributed by atoms with Crippen molar-refractivity contribution in [2.75, 3.05) is 5.32 Å². The normalized spacial score (nSPS) is 19.4. The number of nitrogens with zero attached hydrogens (tertiary/aromatic N) is 3. The van der Waals surface area contributed by atoms with Gasteiger partial charge in [-0.25, -0.2) is 15.0 Å². The number of carbonyl (C=O) groups is 2. The minimum atomic E-state index is -1.16. The number of aryl methyl sites for hydroxylation is 1. The second-order valence-electron chi connectivity index (χ2n) is 8.67. The van der Waals surface area contributed by atoms with Gasteiger partial charge in [-0.15, -0.1) is 11.3 Å². The van der Waals surface area contributed by atoms with Gasteiger partial charge in [0.05, 0.1) is 20.8 Å². The largest absolute Gasteiger partial charge is 0.386 e. The molecule has 1 saturated carbocycles. The van der Waals surface area contributed by atoms with Crippen molar-refractivity contribution in [1.82, 2.24) is 15.0 Å². The first kappa shape index (κ1) is 21.5. The highest BCUT2D eigenvalue weighted by Crippen LogP contribution is 2.40. The molecule has 0 unspecified atom stereocenters. The monoisotopic (exact) mass is 438 g/mol. The number of thiazole rings is 1. The van der Waals surface area contributed by atoms with Gasteiger partial charge in [-0.1, -0.05) is 0 Å². The van der Waals surface area contributed by atoms with Gasteiger partial charge in [0, 0.05) is 29.3 Å². The smallest absolute Gasteiger partial charge is 0.274 e. The summed E-state index contributed by atoms with van der Waals surface area (Å²) < 4.78 is 0.953. The molecule has 0 spiro atoms. The molecule has 0 atom stereocenters. The predicted molar refractivity (Wildman–Crippen MR) is 120 cm³/mol. The first-order valence-electron chi connectivity index (χ1n) is 10.5. The summed E-state index contributed by atoms with van der Waals surface area (Å²) in [6, 6.07) is 5.30. The molecule has 0 radical (unpaired) electrons. The Hall–Kier alpha value is -2.71. The Kier molecular flexibility index (Phi) is 5.85. The highest BCUT2D eigenvalue weighted by molar-refractivity contribution is 7.18. The maximum Gasteiger partial charge on any atom is 0.274 e. The van der Waals surface area contributed by atoms with Gasteiger partial charge in [0.1, 0.15) is 17.8 Å². The standard InChI is InChI=1S/C23H26N4O3S/c1-13-24-9-8-17(25-13)21(29)26-18-11-20-19(10-16(18)23(2,3)30)27-22(31-20)15-6-4-14(12-28)5-7-15/h8-12,14-15,30H,4-7H2,1-3H3,(H,26,29)/t14-,15-. The molecular weight excluding hydrogens is 412 g/mol. The Morgan fingerprint density at radius 1 is 1.23 bits per heavy atom. The quantitative estimate of drug-likeness (QED) is 0.574. The maximum absolute atomic E-state index is 12.8. The molecule has 1 aliphatic carbocycles. The van der Waals surface area contributed by atoms with Crippen LogP contribution in [0.15, 0.2) is 24.4 Å². The van der Waals surface area contributed by atoms with Gasteiger partial charge in [-0.3, -0.25) is 4.79 Å². The van der Waals surface area contributed by atoms with Crippen LogP contribution >= 0.6 is 11.3 Å². The summed E-state index contributed by atoms with van der Waals surface area (Å²) in [5, 5.41) is 14.7. The fraction of sp³-hybridized carbons (Fsp3) is 0.435. The number of hydrogen-bond acceptors (Lipinski definition) is 7. The minimum absolute atomic E-state index is 0.166. The molecule has 2 N–H and O–H groups in total. The Morgan fingerprint density at radius 2 is 1.97 bits per heavy atom. The topological polar surface area (TPSA) is 105 Å². The van der Waals surface area contributed by atoms with Crippen molar-refractivity contribution in [3.63, 3.8) is 0 Å². The molecule has 7 nitrogen and oxygen atoms in total. The number of benzene rings is 1. The fourth-order valence-corrected chi connectivity index (χ4v) is 5.20. The number of aldehydes is 1. The van der Waals surface area contributed by atoms with Gasteiger partial charge in [-0.05, 0) is 64.7 Å². The van der Waals surface area contributed by atoms with Crippen molar-refractivity contribution in [1.29, 1.82) is 0 Å². The first-order valence-corrected chi connectivity index (χ1v) is 11.3. The van der Waals surface area contributed by atoms with Crippen LogP contribution < -0.4 is 5.32 Å². The number of carbonyl (C=O) groups excluding carboxylic acids is 2. The number of aromatic nitrogens is 3. The number of anilines is 1. The molecule has 0 aliphatic heterocycles. The third kappa shape index (κ3) is 4.65. The molecule has 4 rings (SSSR count). The molecule has 0 saturated heterocycles. The van der Waals surface area contributed by atoms with E-state index in [-0.39, 0.29) is 17.5 Å². The number of nitrogens with one attached hydrogen (secondary N) is 1. The SMILES string of the molecule is Cc1nccc(C(=O)Nc2cc3sc([C@H]4CC[C@H](C=O)CC4)nc3cc2C(C)(C)O)n1. The Morgan fingerprint density at radius 3 is 2.61 bits per heavy atom. The lowest BCUT2D eigenvalue weighted by Gasteiger charge is -2.23. The van der Waals surface area contributed by atoms with Gasteiger partial charge in [0.15, 0.2) is 0 Å². The maximum atomic E-state index is 12.8. The van der Waals surface area contributed by atoms with E-state index in [0.717, 1.165) is 47.2 Å². The first-order chi connectivity index (χ1) is 14.7. The third-order valence-corrected chi connectivity index (χ3v) is 6.95. The zero-order chi connectivity index (χ0) is 22.2. The summed E-state index contributed by atoms with van der Waals surface area (Å²) in [5.74, 6) is 0.676. The molecule has 0 bridgehead atoms. The van der Waals surface area contributed by atoms with E-state index in [1.165, 1.54) is 0 Å². The van der Waals surface area contributed by atoms with E-state index in [4.69, 9.17) is 4.98 Å². The second-order valence-corrected chi connectivity index (χ2v) is 9.73. The van der Waals surface area contributed by atoms with E-state index in [1.54, 1.807) is 44.4 Å². The average Bonchev–Trinajstić information content (AvgIpc) is 3.15. The number of hydrogen-bond donors (Lipinski definition) is 2. The molecular formula is C23H26N4O3S. The molecule has 1 amide bonds. The average molecular weight is 439 g/mol. The highest BCUT2D eigenvalue weighted by Gasteiger charge is 2.27. The molecule has 1 aromatic carbocycles. The summed E-state index contributed by atoms with van der Waals surface area (Å²) >= 11 is 1.61. The van der Waals surface area contributed by atoms with E-state index >= 15 is 0 Å². The second kappa shape index (κ2) is 8.43. The molecule has 3 aromatic rings. The van der Waals surface area contributed by atoms with Gasteiger partial charge in [-0.2, -0.15) is 0 Å². The molecule has 1 aliphatic rings. The van der Waals surface area contributed by atoms with E-state index in [9.17, 15) is 14.7 Å². The molecule has 1 fully saturated rings. The van der Waals surface area contributed by atoms with E-state index in [2.05, 4.69) is 15.3 Å². The fourth-order valence-electron chi connectivity index (χ4n) is 4.05. The van der Waals surface area contributed by atoms with Crippen LogP contribution in [0.25, 0.3) is 10.2 Å². The van der Waals surface area contributed by atoms with Crippen LogP contribution in [-0.2, 0) is 10.4 Å². The summed E-state index contributed by atoms with van der Waals surface area (Å²) in [4.78, 5) is 36.9. The van der Waals surface area contributed by atoms with Crippen molar-refractivity contribution in [3.05, 3.63) is 46.5 Å². The number of amides is 1. The van der Waals surface area contributed by atoms with Crippen molar-refractivity contribution < 1.29 is 14.7 Å². The van der Waals surface area contributed by atoms with E-state index in [1.807, 2.05) is 12.1 Å². The zero-order valence-corrected chi connectivity index (χ0v) is 18.7. The van der Waals surface area contributed by atoms with Crippen LogP contribution in [-0.4, -0.2) is 32.3 Å². The van der Waals surface area contributed by atoms with Gasteiger partial charge < -0.3 is 15.2 Å². The van der Waals surface area contributed by atoms with Crippen LogP contribution in [0.2, 0.25) is 0 Å². The molecule has 31 heavy (non-hydrogen) atoms. The third-order valence-electron chi connectivity index (χ3n) is 5.77. The minimum Gasteiger partial charge on any atom is -0.386 e. The Balaban J connectivity index is 1.67. The number of aliphatic hydroxyl groups is 1. The van der Waals surface area contributed by atoms with Crippen LogP contribution in [0.4, 0.5) is 5.69 Å². The zero-order valence-electron chi connectivity index (χ0n) is 17.9. The van der Waals surface area contributed by atoms with E-state index < -0.39 is 5.60 Å². The van der Waals surface area contributed by atoms with Crippen molar-refractivity contribution in [2.24, 2.45) is 5.92 Å². The lowest BCUT2D eigenvalue weighted by Crippen LogP contribution is -2.21. The summed E-state index contributed by atoms with van der Waals surface area (Å²) in [7, 11) is 0. The van der Waals surface area contributed by atoms with Gasteiger partial charge >= 0.3 is 0 Å². The van der Waals surface area contributed by atoms with Gasteiger partial charge in [0.2, 0.25) is 0 Å². The summed E-state index contributed by atoms with van der Waals surface area (Å²) in [6.45, 7) is 5.10. The van der Waals surface area contributed by atoms with Crippen LogP contribution in [0.5, 0.6) is 0 Å². The van der Waals surface area contributed by atoms with Crippen molar-refractivity contribution in [2.45, 2.75) is 58.0 Å². The Bertz CT molecular complexity index is 1130. The van der Waals surface area contributed by atoms with Crippen molar-refractivity contribution >= 4 is 39.4 Å². The van der Waals surface area contributed by atoms with Crippen LogP contribution in [0, 0.1) is 12.8 Å². The molecule has 8 heteroatoms. The molecule has 162 valence electrons. The summed E-state index contributed by atoms with van der Waals surface area (Å²) in [5.41, 5.74) is 1.06. The number of rotatable bonds is 5. The highest BCUT2D eigenvalue weighted by atomic mass is 32.1.